The van der Waals surface area contributed by atoms with Crippen molar-refractivity contribution < 1.29 is 38.2 Å². The second-order valence-corrected chi connectivity index (χ2v) is 8.01. The number of methoxy groups -OCH3 is 4. The maximum atomic E-state index is 12.7. The number of carboxylic acids is 1. The number of benzene rings is 2. The van der Waals surface area contributed by atoms with Gasteiger partial charge in [0.05, 0.1) is 50.6 Å². The fourth-order valence-electron chi connectivity index (χ4n) is 2.89. The van der Waals surface area contributed by atoms with Crippen LogP contribution in [0.1, 0.15) is 23.6 Å². The number of aliphatic carboxylic acids is 1. The Morgan fingerprint density at radius 3 is 2.06 bits per heavy atom. The van der Waals surface area contributed by atoms with Crippen molar-refractivity contribution in [1.82, 2.24) is 0 Å². The average molecular weight is 451 g/mol. The summed E-state index contributed by atoms with van der Waals surface area (Å²) >= 11 is 0. The third-order valence-electron chi connectivity index (χ3n) is 4.65. The summed E-state index contributed by atoms with van der Waals surface area (Å²) in [6.07, 6.45) is 1.63. The fraction of sp³-hybridized carbons (Fsp3) is 0.318. The molecule has 2 aromatic carbocycles. The van der Waals surface area contributed by atoms with Crippen molar-refractivity contribution in [3.63, 3.8) is 0 Å². The lowest BCUT2D eigenvalue weighted by atomic mass is 9.94. The van der Waals surface area contributed by atoms with Gasteiger partial charge in [-0.1, -0.05) is 6.07 Å². The molecule has 0 aliphatic rings. The quantitative estimate of drug-likeness (QED) is 0.568. The predicted octanol–water partition coefficient (Wildman–Crippen LogP) is 2.93. The molecule has 0 fully saturated rings. The smallest absolute Gasteiger partial charge is 0.340 e. The van der Waals surface area contributed by atoms with Gasteiger partial charge in [0.1, 0.15) is 23.0 Å². The van der Waals surface area contributed by atoms with Gasteiger partial charge in [-0.25, -0.2) is 4.79 Å². The Balaban J connectivity index is 2.31. The highest BCUT2D eigenvalue weighted by atomic mass is 32.2. The van der Waals surface area contributed by atoms with Crippen LogP contribution >= 0.6 is 0 Å². The predicted molar refractivity (Wildman–Crippen MR) is 117 cm³/mol. The zero-order chi connectivity index (χ0) is 23.2. The molecule has 0 saturated heterocycles. The number of carbonyl (C=O) groups is 1. The standard InChI is InChI=1S/C22H26O8S/c1-22(25,21(23)24)17-10-14(6-7-18(17)28-3)13-31(26)9-8-16-19(29-4)11-15(27-2)12-20(16)30-5/h6-12,25H,13H2,1-5H3,(H,23,24)/b9-8+. The largest absolute Gasteiger partial charge is 0.496 e. The monoisotopic (exact) mass is 450 g/mol. The average Bonchev–Trinajstić information content (AvgIpc) is 2.76. The highest BCUT2D eigenvalue weighted by molar-refractivity contribution is 7.87. The summed E-state index contributed by atoms with van der Waals surface area (Å²) in [5, 5.41) is 21.2. The molecular formula is C22H26O8S. The van der Waals surface area contributed by atoms with E-state index in [9.17, 15) is 19.2 Å². The summed E-state index contributed by atoms with van der Waals surface area (Å²) in [5.74, 6) is 0.461. The molecule has 0 spiro atoms. The molecule has 0 amide bonds. The number of aliphatic hydroxyl groups is 1. The molecule has 2 aromatic rings. The lowest BCUT2D eigenvalue weighted by Crippen LogP contribution is -2.32. The van der Waals surface area contributed by atoms with Crippen molar-refractivity contribution in [2.75, 3.05) is 28.4 Å². The molecule has 2 atom stereocenters. The molecule has 2 unspecified atom stereocenters. The maximum Gasteiger partial charge on any atom is 0.340 e. The van der Waals surface area contributed by atoms with Gasteiger partial charge in [-0.15, -0.1) is 0 Å². The molecule has 9 heteroatoms. The summed E-state index contributed by atoms with van der Waals surface area (Å²) in [7, 11) is 4.49. The van der Waals surface area contributed by atoms with Gasteiger partial charge < -0.3 is 29.2 Å². The van der Waals surface area contributed by atoms with Gasteiger partial charge in [-0.2, -0.15) is 0 Å². The van der Waals surface area contributed by atoms with E-state index in [4.69, 9.17) is 18.9 Å². The maximum absolute atomic E-state index is 12.7. The number of hydrogen-bond donors (Lipinski definition) is 2. The van der Waals surface area contributed by atoms with Crippen LogP contribution in [0.2, 0.25) is 0 Å². The van der Waals surface area contributed by atoms with Crippen LogP contribution in [0.25, 0.3) is 6.08 Å². The third-order valence-corrected chi connectivity index (χ3v) is 5.71. The summed E-state index contributed by atoms with van der Waals surface area (Å²) in [6.45, 7) is 1.16. The van der Waals surface area contributed by atoms with Gasteiger partial charge in [-0.3, -0.25) is 4.21 Å². The zero-order valence-electron chi connectivity index (χ0n) is 18.0. The van der Waals surface area contributed by atoms with Crippen LogP contribution < -0.4 is 18.9 Å². The first-order chi connectivity index (χ1) is 14.7. The van der Waals surface area contributed by atoms with Crippen LogP contribution in [0.5, 0.6) is 23.0 Å². The second-order valence-electron chi connectivity index (χ2n) is 6.69. The van der Waals surface area contributed by atoms with Crippen LogP contribution in [0.15, 0.2) is 35.7 Å². The Morgan fingerprint density at radius 1 is 1.00 bits per heavy atom. The molecule has 0 aliphatic heterocycles. The van der Waals surface area contributed by atoms with Gasteiger partial charge in [0.2, 0.25) is 0 Å². The van der Waals surface area contributed by atoms with E-state index in [1.807, 2.05) is 0 Å². The van der Waals surface area contributed by atoms with Gasteiger partial charge in [0.25, 0.3) is 0 Å². The Kier molecular flexibility index (Phi) is 8.07. The minimum atomic E-state index is -2.15. The molecule has 0 aromatic heterocycles. The molecular weight excluding hydrogens is 424 g/mol. The molecule has 2 N–H and O–H groups in total. The Bertz CT molecular complexity index is 972. The van der Waals surface area contributed by atoms with Crippen LogP contribution in [-0.4, -0.2) is 48.8 Å². The second kappa shape index (κ2) is 10.3. The van der Waals surface area contributed by atoms with E-state index >= 15 is 0 Å². The van der Waals surface area contributed by atoms with E-state index < -0.39 is 22.4 Å². The summed E-state index contributed by atoms with van der Waals surface area (Å²) in [5.41, 5.74) is -0.889. The normalized spacial score (nSPS) is 14.0. The first kappa shape index (κ1) is 24.2. The SMILES string of the molecule is COc1cc(OC)c(/C=C/S(=O)Cc2ccc(OC)c(C(C)(O)C(=O)O)c2)c(OC)c1. The van der Waals surface area contributed by atoms with Crippen molar-refractivity contribution in [3.8, 4) is 23.0 Å². The zero-order valence-corrected chi connectivity index (χ0v) is 18.8. The van der Waals surface area contributed by atoms with Crippen LogP contribution in [0.4, 0.5) is 0 Å². The van der Waals surface area contributed by atoms with Crippen molar-refractivity contribution in [2.45, 2.75) is 18.3 Å². The van der Waals surface area contributed by atoms with E-state index in [1.54, 1.807) is 30.3 Å². The third kappa shape index (κ3) is 5.56. The number of carboxylic acid groups (broad SMARTS) is 1. The van der Waals surface area contributed by atoms with Crippen LogP contribution in [0.3, 0.4) is 0 Å². The highest BCUT2D eigenvalue weighted by Gasteiger charge is 2.35. The number of rotatable bonds is 10. The Labute approximate surface area is 183 Å². The van der Waals surface area contributed by atoms with E-state index in [-0.39, 0.29) is 17.1 Å². The summed E-state index contributed by atoms with van der Waals surface area (Å²) in [6, 6.07) is 8.07. The number of hydrogen-bond acceptors (Lipinski definition) is 7. The van der Waals surface area contributed by atoms with Crippen molar-refractivity contribution in [1.29, 1.82) is 0 Å². The van der Waals surface area contributed by atoms with Crippen LogP contribution in [-0.2, 0) is 26.9 Å². The minimum Gasteiger partial charge on any atom is -0.496 e. The Morgan fingerprint density at radius 2 is 1.58 bits per heavy atom. The molecule has 0 aliphatic carbocycles. The van der Waals surface area contributed by atoms with E-state index in [2.05, 4.69) is 0 Å². The summed E-state index contributed by atoms with van der Waals surface area (Å²) < 4.78 is 33.8. The molecule has 0 radical (unpaired) electrons. The first-order valence-electron chi connectivity index (χ1n) is 9.16. The van der Waals surface area contributed by atoms with Crippen molar-refractivity contribution in [2.24, 2.45) is 0 Å². The molecule has 8 nitrogen and oxygen atoms in total. The first-order valence-corrected chi connectivity index (χ1v) is 10.5. The van der Waals surface area contributed by atoms with Gasteiger partial charge >= 0.3 is 5.97 Å². The lowest BCUT2D eigenvalue weighted by Gasteiger charge is -2.21. The van der Waals surface area contributed by atoms with Gasteiger partial charge in [-0.05, 0) is 30.7 Å². The molecule has 2 rings (SSSR count). The molecule has 0 heterocycles. The number of ether oxygens (including phenoxy) is 4. The molecule has 31 heavy (non-hydrogen) atoms. The van der Waals surface area contributed by atoms with E-state index in [0.29, 0.717) is 28.4 Å². The fourth-order valence-corrected chi connectivity index (χ4v) is 3.79. The van der Waals surface area contributed by atoms with E-state index in [1.165, 1.54) is 39.9 Å². The summed E-state index contributed by atoms with van der Waals surface area (Å²) in [4.78, 5) is 11.4. The lowest BCUT2D eigenvalue weighted by molar-refractivity contribution is -0.157. The van der Waals surface area contributed by atoms with Gasteiger partial charge in [0.15, 0.2) is 5.60 Å². The molecule has 168 valence electrons. The van der Waals surface area contributed by atoms with Crippen molar-refractivity contribution in [3.05, 3.63) is 52.4 Å². The topological polar surface area (TPSA) is 112 Å². The van der Waals surface area contributed by atoms with Crippen molar-refractivity contribution >= 4 is 22.8 Å². The molecule has 0 bridgehead atoms. The van der Waals surface area contributed by atoms with E-state index in [0.717, 1.165) is 6.92 Å². The van der Waals surface area contributed by atoms with Crippen LogP contribution in [0, 0.1) is 0 Å². The highest BCUT2D eigenvalue weighted by Crippen LogP contribution is 2.35. The Hall–Kier alpha value is -3.04. The minimum absolute atomic E-state index is 0.0828. The molecule has 0 saturated carbocycles. The van der Waals surface area contributed by atoms with Gasteiger partial charge in [0, 0.05) is 23.1 Å².